The molecule has 0 aromatic heterocycles. The zero-order valence-electron chi connectivity index (χ0n) is 11.0. The molecule has 1 saturated heterocycles. The van der Waals surface area contributed by atoms with Gasteiger partial charge in [-0.15, -0.1) is 0 Å². The van der Waals surface area contributed by atoms with E-state index in [4.69, 9.17) is 5.11 Å². The number of aliphatic hydroxyl groups is 1. The van der Waals surface area contributed by atoms with Gasteiger partial charge in [0.05, 0.1) is 11.5 Å². The van der Waals surface area contributed by atoms with Gasteiger partial charge in [-0.25, -0.2) is 12.8 Å². The summed E-state index contributed by atoms with van der Waals surface area (Å²) in [6.07, 6.45) is 0. The maximum Gasteiger partial charge on any atom is 0.152 e. The van der Waals surface area contributed by atoms with Crippen molar-refractivity contribution in [2.75, 3.05) is 31.2 Å². The second-order valence-electron chi connectivity index (χ2n) is 4.69. The Labute approximate surface area is 118 Å². The lowest BCUT2D eigenvalue weighted by molar-refractivity contribution is 0.287. The summed E-state index contributed by atoms with van der Waals surface area (Å²) in [6.45, 7) is 1.21. The van der Waals surface area contributed by atoms with Crippen molar-refractivity contribution in [3.63, 3.8) is 0 Å². The first-order chi connectivity index (χ1) is 9.50. The van der Waals surface area contributed by atoms with Gasteiger partial charge in [-0.3, -0.25) is 4.90 Å². The Hall–Kier alpha value is -1.42. The number of halogens is 1. The van der Waals surface area contributed by atoms with Crippen LogP contribution >= 0.6 is 0 Å². The molecule has 0 radical (unpaired) electrons. The van der Waals surface area contributed by atoms with Crippen LogP contribution in [0.1, 0.15) is 11.1 Å². The minimum atomic E-state index is -2.90. The fourth-order valence-corrected chi connectivity index (χ4v) is 3.36. The van der Waals surface area contributed by atoms with E-state index in [1.54, 1.807) is 6.07 Å². The average Bonchev–Trinajstić information content (AvgIpc) is 2.41. The highest BCUT2D eigenvalue weighted by molar-refractivity contribution is 7.91. The molecule has 1 aromatic rings. The van der Waals surface area contributed by atoms with Crippen molar-refractivity contribution in [2.45, 2.75) is 6.54 Å². The fraction of sp³-hybridized carbons (Fsp3) is 0.429. The number of nitrogens with zero attached hydrogens (tertiary/aromatic N) is 1. The first-order valence-electron chi connectivity index (χ1n) is 6.31. The molecule has 1 aliphatic heterocycles. The molecule has 1 aromatic carbocycles. The van der Waals surface area contributed by atoms with E-state index in [1.165, 1.54) is 12.1 Å². The van der Waals surface area contributed by atoms with Crippen LogP contribution in [0.4, 0.5) is 4.39 Å². The maximum atomic E-state index is 13.2. The summed E-state index contributed by atoms with van der Waals surface area (Å²) in [7, 11) is -2.90. The van der Waals surface area contributed by atoms with Gasteiger partial charge in [-0.2, -0.15) is 0 Å². The lowest BCUT2D eigenvalue weighted by Gasteiger charge is -2.26. The third-order valence-electron chi connectivity index (χ3n) is 3.21. The predicted molar refractivity (Wildman–Crippen MR) is 74.3 cm³/mol. The Balaban J connectivity index is 2.13. The molecule has 0 bridgehead atoms. The van der Waals surface area contributed by atoms with Crippen LogP contribution in [0.25, 0.3) is 0 Å². The molecule has 4 nitrogen and oxygen atoms in total. The second kappa shape index (κ2) is 6.35. The van der Waals surface area contributed by atoms with E-state index >= 15 is 0 Å². The molecule has 20 heavy (non-hydrogen) atoms. The molecule has 6 heteroatoms. The van der Waals surface area contributed by atoms with Crippen molar-refractivity contribution in [2.24, 2.45) is 0 Å². The van der Waals surface area contributed by atoms with Gasteiger partial charge in [-0.05, 0) is 17.7 Å². The zero-order valence-corrected chi connectivity index (χ0v) is 11.8. The highest BCUT2D eigenvalue weighted by atomic mass is 32.2. The zero-order chi connectivity index (χ0) is 14.6. The van der Waals surface area contributed by atoms with Crippen LogP contribution in [0.2, 0.25) is 0 Å². The van der Waals surface area contributed by atoms with Gasteiger partial charge in [0.25, 0.3) is 0 Å². The van der Waals surface area contributed by atoms with Crippen molar-refractivity contribution in [3.05, 3.63) is 35.1 Å². The number of benzene rings is 1. The molecule has 1 fully saturated rings. The summed E-state index contributed by atoms with van der Waals surface area (Å²) >= 11 is 0. The summed E-state index contributed by atoms with van der Waals surface area (Å²) in [4.78, 5) is 2.01. The number of sulfone groups is 1. The van der Waals surface area contributed by atoms with Crippen LogP contribution in [0.15, 0.2) is 18.2 Å². The first-order valence-corrected chi connectivity index (χ1v) is 8.13. The van der Waals surface area contributed by atoms with Crippen LogP contribution in [-0.2, 0) is 16.4 Å². The molecule has 1 heterocycles. The van der Waals surface area contributed by atoms with Gasteiger partial charge in [-0.1, -0.05) is 17.9 Å². The van der Waals surface area contributed by atoms with Crippen LogP contribution < -0.4 is 0 Å². The average molecular weight is 297 g/mol. The number of hydrogen-bond donors (Lipinski definition) is 1. The Morgan fingerprint density at radius 1 is 1.30 bits per heavy atom. The molecule has 0 spiro atoms. The molecule has 1 aliphatic rings. The molecular formula is C14H16FNO3S. The number of aliphatic hydroxyl groups excluding tert-OH is 1. The van der Waals surface area contributed by atoms with Gasteiger partial charge in [0.1, 0.15) is 12.4 Å². The third kappa shape index (κ3) is 4.04. The highest BCUT2D eigenvalue weighted by Crippen LogP contribution is 2.15. The molecule has 0 unspecified atom stereocenters. The Morgan fingerprint density at radius 2 is 2.00 bits per heavy atom. The van der Waals surface area contributed by atoms with Crippen LogP contribution in [0.3, 0.4) is 0 Å². The summed E-state index contributed by atoms with van der Waals surface area (Å²) in [6, 6.07) is 4.35. The third-order valence-corrected chi connectivity index (χ3v) is 4.81. The van der Waals surface area contributed by atoms with E-state index in [2.05, 4.69) is 11.8 Å². The van der Waals surface area contributed by atoms with E-state index in [1.807, 2.05) is 4.90 Å². The lowest BCUT2D eigenvalue weighted by atomic mass is 10.1. The maximum absolute atomic E-state index is 13.2. The van der Waals surface area contributed by atoms with E-state index in [9.17, 15) is 12.8 Å². The minimum absolute atomic E-state index is 0.159. The molecule has 0 aliphatic carbocycles. The van der Waals surface area contributed by atoms with Crippen molar-refractivity contribution >= 4 is 9.84 Å². The quantitative estimate of drug-likeness (QED) is 0.803. The smallest absolute Gasteiger partial charge is 0.152 e. The normalized spacial score (nSPS) is 18.3. The van der Waals surface area contributed by atoms with Gasteiger partial charge < -0.3 is 5.11 Å². The summed E-state index contributed by atoms with van der Waals surface area (Å²) < 4.78 is 36.0. The monoisotopic (exact) mass is 297 g/mol. The summed E-state index contributed by atoms with van der Waals surface area (Å²) in [5.74, 6) is 5.17. The van der Waals surface area contributed by atoms with Gasteiger partial charge in [0, 0.05) is 25.2 Å². The molecule has 0 saturated carbocycles. The highest BCUT2D eigenvalue weighted by Gasteiger charge is 2.21. The van der Waals surface area contributed by atoms with E-state index in [-0.39, 0.29) is 23.9 Å². The fourth-order valence-electron chi connectivity index (χ4n) is 2.09. The minimum Gasteiger partial charge on any atom is -0.384 e. The second-order valence-corrected chi connectivity index (χ2v) is 6.99. The van der Waals surface area contributed by atoms with Crippen molar-refractivity contribution in [3.8, 4) is 11.8 Å². The van der Waals surface area contributed by atoms with Crippen LogP contribution in [0.5, 0.6) is 0 Å². The predicted octanol–water partition coefficient (Wildman–Crippen LogP) is 0.400. The van der Waals surface area contributed by atoms with Crippen molar-refractivity contribution in [1.82, 2.24) is 4.90 Å². The van der Waals surface area contributed by atoms with Crippen molar-refractivity contribution < 1.29 is 17.9 Å². The Bertz CT molecular complexity index is 632. The Morgan fingerprint density at radius 3 is 2.65 bits per heavy atom. The number of rotatable bonds is 2. The standard InChI is InChI=1S/C14H16FNO3S/c15-14-4-3-13(12(10-14)2-1-7-17)11-16-5-8-20(18,19)9-6-16/h3-4,10,17H,5-9,11H2. The molecule has 2 rings (SSSR count). The SMILES string of the molecule is O=S1(=O)CCN(Cc2ccc(F)cc2C#CCO)CC1. The van der Waals surface area contributed by atoms with Gasteiger partial charge in [0.15, 0.2) is 9.84 Å². The van der Waals surface area contributed by atoms with Crippen LogP contribution in [0, 0.1) is 17.7 Å². The summed E-state index contributed by atoms with van der Waals surface area (Å²) in [5.41, 5.74) is 1.37. The van der Waals surface area contributed by atoms with E-state index in [0.29, 0.717) is 25.2 Å². The molecule has 108 valence electrons. The van der Waals surface area contributed by atoms with E-state index < -0.39 is 9.84 Å². The lowest BCUT2D eigenvalue weighted by Crippen LogP contribution is -2.39. The topological polar surface area (TPSA) is 57.6 Å². The van der Waals surface area contributed by atoms with Gasteiger partial charge in [0.2, 0.25) is 0 Å². The van der Waals surface area contributed by atoms with E-state index in [0.717, 1.165) is 5.56 Å². The Kier molecular flexibility index (Phi) is 4.76. The molecule has 1 N–H and O–H groups in total. The summed E-state index contributed by atoms with van der Waals surface area (Å²) in [5, 5.41) is 8.72. The first kappa shape index (κ1) is 15.0. The molecular weight excluding hydrogens is 281 g/mol. The van der Waals surface area contributed by atoms with Gasteiger partial charge >= 0.3 is 0 Å². The number of hydrogen-bond acceptors (Lipinski definition) is 4. The molecule has 0 amide bonds. The van der Waals surface area contributed by atoms with Crippen molar-refractivity contribution in [1.29, 1.82) is 0 Å². The molecule has 0 atom stereocenters. The largest absolute Gasteiger partial charge is 0.384 e. The van der Waals surface area contributed by atoms with Crippen LogP contribution in [-0.4, -0.2) is 49.6 Å².